The summed E-state index contributed by atoms with van der Waals surface area (Å²) in [6.45, 7) is 2.17. The highest BCUT2D eigenvalue weighted by molar-refractivity contribution is 7.99. The van der Waals surface area contributed by atoms with E-state index >= 15 is 0 Å². The second-order valence-electron chi connectivity index (χ2n) is 6.17. The van der Waals surface area contributed by atoms with Crippen molar-refractivity contribution in [3.63, 3.8) is 0 Å². The lowest BCUT2D eigenvalue weighted by molar-refractivity contribution is -0.113. The Balaban J connectivity index is 1.31. The van der Waals surface area contributed by atoms with E-state index in [1.807, 2.05) is 22.9 Å². The first-order chi connectivity index (χ1) is 14.2. The van der Waals surface area contributed by atoms with Crippen molar-refractivity contribution in [1.82, 2.24) is 15.2 Å². The zero-order valence-corrected chi connectivity index (χ0v) is 18.1. The average molecular weight is 443 g/mol. The summed E-state index contributed by atoms with van der Waals surface area (Å²) >= 11 is 4.14. The van der Waals surface area contributed by atoms with E-state index in [-0.39, 0.29) is 11.7 Å². The van der Waals surface area contributed by atoms with Crippen LogP contribution in [0.25, 0.3) is 22.0 Å². The van der Waals surface area contributed by atoms with Gasteiger partial charge in [0.2, 0.25) is 5.91 Å². The standard InChI is InChI=1S/C20H18N4O2S3/c1-2-4-13-6-8-14(9-7-13)15-11-28-19(21-15)22-17(25)12-29-20-24-23-18(26-20)16-5-3-10-27-16/h3,5-11H,2,4,12H2,1H3,(H,21,22,25). The number of amides is 1. The van der Waals surface area contributed by atoms with E-state index in [0.29, 0.717) is 16.2 Å². The molecule has 0 unspecified atom stereocenters. The van der Waals surface area contributed by atoms with Gasteiger partial charge in [-0.3, -0.25) is 4.79 Å². The number of rotatable bonds is 8. The predicted molar refractivity (Wildman–Crippen MR) is 119 cm³/mol. The van der Waals surface area contributed by atoms with Gasteiger partial charge >= 0.3 is 0 Å². The fourth-order valence-electron chi connectivity index (χ4n) is 2.65. The van der Waals surface area contributed by atoms with Gasteiger partial charge in [-0.25, -0.2) is 4.98 Å². The fourth-order valence-corrected chi connectivity index (χ4v) is 4.59. The molecule has 148 valence electrons. The largest absolute Gasteiger partial charge is 0.410 e. The molecule has 6 nitrogen and oxygen atoms in total. The van der Waals surface area contributed by atoms with Gasteiger partial charge in [0.15, 0.2) is 5.13 Å². The fraction of sp³-hybridized carbons (Fsp3) is 0.200. The Labute approximate surface area is 180 Å². The van der Waals surface area contributed by atoms with Gasteiger partial charge in [-0.2, -0.15) is 0 Å². The highest BCUT2D eigenvalue weighted by atomic mass is 32.2. The van der Waals surface area contributed by atoms with Crippen LogP contribution in [-0.2, 0) is 11.2 Å². The minimum absolute atomic E-state index is 0.162. The van der Waals surface area contributed by atoms with Crippen LogP contribution in [0.1, 0.15) is 18.9 Å². The Hall–Kier alpha value is -2.49. The number of thiazole rings is 1. The number of benzene rings is 1. The second-order valence-corrected chi connectivity index (χ2v) is 8.90. The van der Waals surface area contributed by atoms with E-state index in [2.05, 4.69) is 51.7 Å². The highest BCUT2D eigenvalue weighted by Crippen LogP contribution is 2.28. The van der Waals surface area contributed by atoms with E-state index in [1.165, 1.54) is 40.0 Å². The van der Waals surface area contributed by atoms with Crippen LogP contribution in [0, 0.1) is 0 Å². The van der Waals surface area contributed by atoms with Crippen LogP contribution >= 0.6 is 34.4 Å². The Morgan fingerprint density at radius 3 is 2.79 bits per heavy atom. The molecule has 3 aromatic heterocycles. The summed E-state index contributed by atoms with van der Waals surface area (Å²) in [5, 5.41) is 15.7. The molecule has 0 aliphatic carbocycles. The van der Waals surface area contributed by atoms with E-state index in [4.69, 9.17) is 4.42 Å². The number of anilines is 1. The molecule has 1 amide bonds. The summed E-state index contributed by atoms with van der Waals surface area (Å²) in [5.74, 6) is 0.481. The number of carbonyl (C=O) groups excluding carboxylic acids is 1. The third kappa shape index (κ3) is 5.11. The van der Waals surface area contributed by atoms with Crippen molar-refractivity contribution in [3.05, 3.63) is 52.7 Å². The first-order valence-corrected chi connectivity index (χ1v) is 11.8. The zero-order valence-electron chi connectivity index (χ0n) is 15.6. The molecule has 0 saturated carbocycles. The van der Waals surface area contributed by atoms with Crippen LogP contribution in [0.15, 0.2) is 56.8 Å². The van der Waals surface area contributed by atoms with Crippen LogP contribution in [0.4, 0.5) is 5.13 Å². The smallest absolute Gasteiger partial charge is 0.277 e. The van der Waals surface area contributed by atoms with Gasteiger partial charge < -0.3 is 9.73 Å². The average Bonchev–Trinajstić information content (AvgIpc) is 3.48. The normalized spacial score (nSPS) is 10.9. The molecule has 1 aromatic carbocycles. The van der Waals surface area contributed by atoms with Crippen molar-refractivity contribution in [2.24, 2.45) is 0 Å². The summed E-state index contributed by atoms with van der Waals surface area (Å²) in [5.41, 5.74) is 3.22. The number of aryl methyl sites for hydroxylation is 1. The molecule has 0 radical (unpaired) electrons. The summed E-state index contributed by atoms with van der Waals surface area (Å²) in [4.78, 5) is 17.7. The zero-order chi connectivity index (χ0) is 20.1. The SMILES string of the molecule is CCCc1ccc(-c2csc(NC(=O)CSc3nnc(-c4cccs4)o3)n2)cc1. The van der Waals surface area contributed by atoms with Crippen LogP contribution in [-0.4, -0.2) is 26.8 Å². The van der Waals surface area contributed by atoms with Gasteiger partial charge in [-0.05, 0) is 23.4 Å². The molecule has 0 aliphatic rings. The minimum Gasteiger partial charge on any atom is -0.410 e. The molecule has 29 heavy (non-hydrogen) atoms. The number of hydrogen-bond acceptors (Lipinski definition) is 8. The van der Waals surface area contributed by atoms with Crippen LogP contribution in [0.2, 0.25) is 0 Å². The summed E-state index contributed by atoms with van der Waals surface area (Å²) in [7, 11) is 0. The van der Waals surface area contributed by atoms with Crippen molar-refractivity contribution in [2.75, 3.05) is 11.1 Å². The maximum absolute atomic E-state index is 12.2. The molecular weight excluding hydrogens is 424 g/mol. The molecule has 4 aromatic rings. The summed E-state index contributed by atoms with van der Waals surface area (Å²) in [6, 6.07) is 12.2. The Bertz CT molecular complexity index is 1070. The molecule has 1 N–H and O–H groups in total. The number of hydrogen-bond donors (Lipinski definition) is 1. The maximum Gasteiger partial charge on any atom is 0.277 e. The van der Waals surface area contributed by atoms with Gasteiger partial charge in [0, 0.05) is 10.9 Å². The van der Waals surface area contributed by atoms with Crippen molar-refractivity contribution >= 4 is 45.5 Å². The summed E-state index contributed by atoms with van der Waals surface area (Å²) in [6.07, 6.45) is 2.20. The van der Waals surface area contributed by atoms with Crippen LogP contribution < -0.4 is 5.32 Å². The van der Waals surface area contributed by atoms with Gasteiger partial charge in [0.25, 0.3) is 11.1 Å². The van der Waals surface area contributed by atoms with Crippen LogP contribution in [0.3, 0.4) is 0 Å². The Kier molecular flexibility index (Phi) is 6.38. The van der Waals surface area contributed by atoms with Gasteiger partial charge in [0.1, 0.15) is 0 Å². The highest BCUT2D eigenvalue weighted by Gasteiger charge is 2.13. The van der Waals surface area contributed by atoms with Crippen molar-refractivity contribution in [2.45, 2.75) is 25.0 Å². The molecule has 0 spiro atoms. The second kappa shape index (κ2) is 9.34. The van der Waals surface area contributed by atoms with Gasteiger partial charge in [-0.1, -0.05) is 55.4 Å². The first-order valence-electron chi connectivity index (χ1n) is 9.06. The van der Waals surface area contributed by atoms with Gasteiger partial charge in [0.05, 0.1) is 16.3 Å². The lowest BCUT2D eigenvalue weighted by atomic mass is 10.1. The van der Waals surface area contributed by atoms with Crippen molar-refractivity contribution < 1.29 is 9.21 Å². The monoisotopic (exact) mass is 442 g/mol. The predicted octanol–water partition coefficient (Wildman–Crippen LogP) is 5.60. The van der Waals surface area contributed by atoms with Crippen molar-refractivity contribution in [1.29, 1.82) is 0 Å². The molecule has 3 heterocycles. The molecular formula is C20H18N4O2S3. The lowest BCUT2D eigenvalue weighted by Crippen LogP contribution is -2.13. The number of nitrogens with one attached hydrogen (secondary N) is 1. The maximum atomic E-state index is 12.2. The number of thioether (sulfide) groups is 1. The van der Waals surface area contributed by atoms with Crippen LogP contribution in [0.5, 0.6) is 0 Å². The molecule has 9 heteroatoms. The molecule has 0 bridgehead atoms. The van der Waals surface area contributed by atoms with E-state index in [0.717, 1.165) is 29.0 Å². The molecule has 0 aliphatic heterocycles. The lowest BCUT2D eigenvalue weighted by Gasteiger charge is -2.01. The third-order valence-corrected chi connectivity index (χ3v) is 6.44. The molecule has 0 atom stereocenters. The van der Waals surface area contributed by atoms with E-state index in [9.17, 15) is 4.79 Å². The Morgan fingerprint density at radius 2 is 2.03 bits per heavy atom. The Morgan fingerprint density at radius 1 is 1.17 bits per heavy atom. The quantitative estimate of drug-likeness (QED) is 0.358. The molecule has 4 rings (SSSR count). The summed E-state index contributed by atoms with van der Waals surface area (Å²) < 4.78 is 5.58. The van der Waals surface area contributed by atoms with E-state index in [1.54, 1.807) is 0 Å². The number of nitrogens with zero attached hydrogens (tertiary/aromatic N) is 3. The topological polar surface area (TPSA) is 80.9 Å². The third-order valence-electron chi connectivity index (χ3n) is 4.00. The number of carbonyl (C=O) groups is 1. The van der Waals surface area contributed by atoms with Gasteiger partial charge in [-0.15, -0.1) is 32.9 Å². The van der Waals surface area contributed by atoms with Crippen molar-refractivity contribution in [3.8, 4) is 22.0 Å². The number of aromatic nitrogens is 3. The minimum atomic E-state index is -0.162. The first kappa shape index (κ1) is 19.8. The number of thiophene rings is 1. The molecule has 0 fully saturated rings. The van der Waals surface area contributed by atoms with E-state index < -0.39 is 0 Å². The molecule has 0 saturated heterocycles.